The van der Waals surface area contributed by atoms with Gasteiger partial charge < -0.3 is 15.2 Å². The quantitative estimate of drug-likeness (QED) is 0.882. The number of amides is 1. The van der Waals surface area contributed by atoms with Gasteiger partial charge >= 0.3 is 0 Å². The lowest BCUT2D eigenvalue weighted by Crippen LogP contribution is -2.48. The second kappa shape index (κ2) is 7.07. The molecule has 0 spiro atoms. The fraction of sp³-hybridized carbons (Fsp3) is 0.588. The van der Waals surface area contributed by atoms with Crippen molar-refractivity contribution >= 4 is 17.5 Å². The lowest BCUT2D eigenvalue weighted by atomic mass is 10.1. The number of nitrogens with zero attached hydrogens (tertiary/aromatic N) is 1. The summed E-state index contributed by atoms with van der Waals surface area (Å²) in [6, 6.07) is 5.52. The minimum Gasteiger partial charge on any atom is -0.495 e. The molecule has 6 heteroatoms. The largest absolute Gasteiger partial charge is 0.495 e. The van der Waals surface area contributed by atoms with Gasteiger partial charge in [0.25, 0.3) is 5.91 Å². The number of rotatable bonds is 4. The molecule has 3 rings (SSSR count). The Hall–Kier alpha value is -1.30. The average molecular weight is 339 g/mol. The third-order valence-corrected chi connectivity index (χ3v) is 5.19. The van der Waals surface area contributed by atoms with Crippen LogP contribution < -0.4 is 10.1 Å². The monoisotopic (exact) mass is 338 g/mol. The average Bonchev–Trinajstić information content (AvgIpc) is 3.16. The number of likely N-dealkylation sites (tertiary alicyclic amines) is 1. The maximum absolute atomic E-state index is 12.5. The van der Waals surface area contributed by atoms with Crippen LogP contribution in [0, 0.1) is 0 Å². The van der Waals surface area contributed by atoms with Crippen molar-refractivity contribution in [1.29, 1.82) is 0 Å². The molecule has 0 radical (unpaired) electrons. The number of carbonyl (C=O) groups is 1. The van der Waals surface area contributed by atoms with Crippen molar-refractivity contribution in [3.8, 4) is 5.75 Å². The Balaban J connectivity index is 1.67. The van der Waals surface area contributed by atoms with Gasteiger partial charge in [-0.3, -0.25) is 9.69 Å². The molecule has 5 nitrogen and oxygen atoms in total. The maximum Gasteiger partial charge on any atom is 0.251 e. The molecule has 0 bridgehead atoms. The molecule has 2 fully saturated rings. The Morgan fingerprint density at radius 1 is 1.39 bits per heavy atom. The van der Waals surface area contributed by atoms with Crippen LogP contribution in [0.1, 0.15) is 36.0 Å². The highest BCUT2D eigenvalue weighted by atomic mass is 35.5. The molecule has 1 saturated heterocycles. The Bertz CT molecular complexity index is 581. The number of methoxy groups -OCH3 is 1. The van der Waals surface area contributed by atoms with Gasteiger partial charge in [-0.25, -0.2) is 0 Å². The number of aliphatic hydroxyl groups excluding tert-OH is 1. The number of benzene rings is 1. The number of carbonyl (C=O) groups excluding carboxylic acids is 1. The topological polar surface area (TPSA) is 61.8 Å². The lowest BCUT2D eigenvalue weighted by molar-refractivity contribution is 0.0905. The van der Waals surface area contributed by atoms with Crippen molar-refractivity contribution in [3.05, 3.63) is 28.8 Å². The van der Waals surface area contributed by atoms with E-state index in [0.717, 1.165) is 32.2 Å². The third-order valence-electron chi connectivity index (χ3n) is 4.87. The summed E-state index contributed by atoms with van der Waals surface area (Å²) in [7, 11) is 1.54. The molecule has 2 aliphatic rings. The second-order valence-corrected chi connectivity index (χ2v) is 6.77. The zero-order valence-corrected chi connectivity index (χ0v) is 14.1. The molecule has 126 valence electrons. The van der Waals surface area contributed by atoms with Gasteiger partial charge in [0.2, 0.25) is 0 Å². The highest BCUT2D eigenvalue weighted by molar-refractivity contribution is 6.32. The summed E-state index contributed by atoms with van der Waals surface area (Å²) in [6.45, 7) is 1.62. The fourth-order valence-electron chi connectivity index (χ4n) is 3.67. The SMILES string of the molecule is COc1cc(C(=O)N[C@@H]2CCC[C@@H]2N2CCC(O)C2)ccc1Cl. The van der Waals surface area contributed by atoms with Gasteiger partial charge in [0, 0.05) is 30.7 Å². The van der Waals surface area contributed by atoms with Crippen LogP contribution in [0.15, 0.2) is 18.2 Å². The molecule has 1 aromatic carbocycles. The van der Waals surface area contributed by atoms with E-state index in [2.05, 4.69) is 10.2 Å². The summed E-state index contributed by atoms with van der Waals surface area (Å²) < 4.78 is 5.17. The summed E-state index contributed by atoms with van der Waals surface area (Å²) >= 11 is 6.01. The predicted octanol–water partition coefficient (Wildman–Crippen LogP) is 2.07. The number of halogens is 1. The number of nitrogens with one attached hydrogen (secondary N) is 1. The van der Waals surface area contributed by atoms with Crippen LogP contribution in [0.4, 0.5) is 0 Å². The fourth-order valence-corrected chi connectivity index (χ4v) is 3.86. The van der Waals surface area contributed by atoms with E-state index in [9.17, 15) is 9.90 Å². The van der Waals surface area contributed by atoms with E-state index >= 15 is 0 Å². The van der Waals surface area contributed by atoms with E-state index in [-0.39, 0.29) is 18.1 Å². The Labute approximate surface area is 141 Å². The minimum absolute atomic E-state index is 0.100. The van der Waals surface area contributed by atoms with Gasteiger partial charge in [0.15, 0.2) is 0 Å². The van der Waals surface area contributed by atoms with Crippen LogP contribution in [0.5, 0.6) is 5.75 Å². The Morgan fingerprint density at radius 3 is 2.91 bits per heavy atom. The van der Waals surface area contributed by atoms with Gasteiger partial charge in [0.1, 0.15) is 5.75 Å². The molecule has 0 aromatic heterocycles. The molecule has 3 atom stereocenters. The lowest BCUT2D eigenvalue weighted by Gasteiger charge is -2.29. The first-order valence-corrected chi connectivity index (χ1v) is 8.53. The van der Waals surface area contributed by atoms with Gasteiger partial charge in [-0.1, -0.05) is 11.6 Å². The van der Waals surface area contributed by atoms with Crippen LogP contribution >= 0.6 is 11.6 Å². The van der Waals surface area contributed by atoms with E-state index in [1.54, 1.807) is 18.2 Å². The van der Waals surface area contributed by atoms with Crippen molar-refractivity contribution in [2.24, 2.45) is 0 Å². The highest BCUT2D eigenvalue weighted by Crippen LogP contribution is 2.28. The molecule has 23 heavy (non-hydrogen) atoms. The second-order valence-electron chi connectivity index (χ2n) is 6.36. The first-order chi connectivity index (χ1) is 11.1. The van der Waals surface area contributed by atoms with E-state index in [4.69, 9.17) is 16.3 Å². The maximum atomic E-state index is 12.5. The number of ether oxygens (including phenoxy) is 1. The molecular formula is C17H23ClN2O3. The summed E-state index contributed by atoms with van der Waals surface area (Å²) in [5.74, 6) is 0.404. The van der Waals surface area contributed by atoms with Crippen LogP contribution in [-0.2, 0) is 0 Å². The van der Waals surface area contributed by atoms with Gasteiger partial charge in [-0.2, -0.15) is 0 Å². The van der Waals surface area contributed by atoms with E-state index in [0.29, 0.717) is 28.9 Å². The number of β-amino-alcohol motifs (C(OH)–C–C–N with tert-alkyl or cyclic N) is 1. The smallest absolute Gasteiger partial charge is 0.251 e. The first kappa shape index (κ1) is 16.6. The normalized spacial score (nSPS) is 28.0. The zero-order valence-electron chi connectivity index (χ0n) is 13.3. The number of hydrogen-bond acceptors (Lipinski definition) is 4. The molecule has 1 unspecified atom stereocenters. The molecule has 1 amide bonds. The van der Waals surface area contributed by atoms with Crippen molar-refractivity contribution in [2.75, 3.05) is 20.2 Å². The standard InChI is InChI=1S/C17H23ClN2O3/c1-23-16-9-11(5-6-13(16)18)17(22)19-14-3-2-4-15(14)20-8-7-12(21)10-20/h5-6,9,12,14-15,21H,2-4,7-8,10H2,1H3,(H,19,22)/t12?,14-,15+/m1/s1. The molecule has 1 heterocycles. The molecule has 1 aromatic rings. The van der Waals surface area contributed by atoms with Crippen molar-refractivity contribution in [2.45, 2.75) is 43.9 Å². The molecule has 2 N–H and O–H groups in total. The first-order valence-electron chi connectivity index (χ1n) is 8.15. The predicted molar refractivity (Wildman–Crippen MR) is 89.1 cm³/mol. The third kappa shape index (κ3) is 3.62. The molecule has 1 aliphatic heterocycles. The Morgan fingerprint density at radius 2 is 2.22 bits per heavy atom. The molecule has 1 aliphatic carbocycles. The van der Waals surface area contributed by atoms with Crippen molar-refractivity contribution < 1.29 is 14.6 Å². The zero-order chi connectivity index (χ0) is 16.4. The van der Waals surface area contributed by atoms with Crippen LogP contribution in [0.25, 0.3) is 0 Å². The minimum atomic E-state index is -0.229. The van der Waals surface area contributed by atoms with Gasteiger partial charge in [0.05, 0.1) is 18.2 Å². The van der Waals surface area contributed by atoms with Crippen molar-refractivity contribution in [3.63, 3.8) is 0 Å². The Kier molecular flexibility index (Phi) is 5.09. The van der Waals surface area contributed by atoms with Gasteiger partial charge in [-0.05, 0) is 43.9 Å². The summed E-state index contributed by atoms with van der Waals surface area (Å²) in [4.78, 5) is 14.8. The van der Waals surface area contributed by atoms with E-state index < -0.39 is 0 Å². The van der Waals surface area contributed by atoms with Crippen LogP contribution in [0.2, 0.25) is 5.02 Å². The number of hydrogen-bond donors (Lipinski definition) is 2. The summed E-state index contributed by atoms with van der Waals surface area (Å²) in [5.41, 5.74) is 0.554. The van der Waals surface area contributed by atoms with E-state index in [1.165, 1.54) is 7.11 Å². The van der Waals surface area contributed by atoms with Crippen LogP contribution in [-0.4, -0.2) is 54.3 Å². The van der Waals surface area contributed by atoms with Crippen molar-refractivity contribution in [1.82, 2.24) is 10.2 Å². The highest BCUT2D eigenvalue weighted by Gasteiger charge is 2.36. The molecule has 1 saturated carbocycles. The summed E-state index contributed by atoms with van der Waals surface area (Å²) in [5, 5.41) is 13.4. The number of aliphatic hydroxyl groups is 1. The van der Waals surface area contributed by atoms with Gasteiger partial charge in [-0.15, -0.1) is 0 Å². The van der Waals surface area contributed by atoms with Crippen LogP contribution in [0.3, 0.4) is 0 Å². The van der Waals surface area contributed by atoms with E-state index in [1.807, 2.05) is 0 Å². The summed E-state index contributed by atoms with van der Waals surface area (Å²) in [6.07, 6.45) is 3.75. The molecular weight excluding hydrogens is 316 g/mol.